The van der Waals surface area contributed by atoms with Crippen LogP contribution in [-0.2, 0) is 62.5 Å². The van der Waals surface area contributed by atoms with Gasteiger partial charge in [0.1, 0.15) is 0 Å². The number of rotatable bonds is 15. The zero-order valence-corrected chi connectivity index (χ0v) is 39.3. The lowest BCUT2D eigenvalue weighted by molar-refractivity contribution is -0.388. The molecule has 1 aliphatic heterocycles. The van der Waals surface area contributed by atoms with Crippen molar-refractivity contribution in [3.63, 3.8) is 0 Å². The van der Waals surface area contributed by atoms with E-state index in [2.05, 4.69) is 4.98 Å². The van der Waals surface area contributed by atoms with Crippen LogP contribution in [0.1, 0.15) is 27.9 Å². The van der Waals surface area contributed by atoms with E-state index in [1.54, 1.807) is 65.6 Å². The highest BCUT2D eigenvalue weighted by Gasteiger charge is 2.35. The fourth-order valence-corrected chi connectivity index (χ4v) is 12.7. The molecule has 0 aliphatic carbocycles. The average Bonchev–Trinajstić information content (AvgIpc) is 3.34. The topological polar surface area (TPSA) is 258 Å². The molecule has 0 unspecified atom stereocenters. The maximum atomic E-state index is 14.4. The Labute approximate surface area is 398 Å². The Morgan fingerprint density at radius 3 is 1.42 bits per heavy atom. The number of benzene rings is 5. The summed E-state index contributed by atoms with van der Waals surface area (Å²) in [5.41, 5.74) is 1.21. The Balaban J connectivity index is 1.23. The fraction of sp³-hybridized carbons (Fsp3) is 0.239. The number of nitrogens with zero attached hydrogens (tertiary/aromatic N) is 8. The van der Waals surface area contributed by atoms with Gasteiger partial charge < -0.3 is 0 Å². The number of pyridine rings is 1. The molecule has 1 aliphatic rings. The number of hydrogen-bond donors (Lipinski definition) is 0. The first-order valence-corrected chi connectivity index (χ1v) is 25.8. The third-order valence-corrected chi connectivity index (χ3v) is 17.2. The van der Waals surface area contributed by atoms with Gasteiger partial charge in [-0.3, -0.25) is 40.2 Å². The first-order chi connectivity index (χ1) is 32.9. The summed E-state index contributed by atoms with van der Waals surface area (Å²) in [5, 5.41) is 36.0. The van der Waals surface area contributed by atoms with E-state index in [9.17, 15) is 55.6 Å². The van der Waals surface area contributed by atoms with Gasteiger partial charge in [-0.1, -0.05) is 91.0 Å². The van der Waals surface area contributed by atoms with Crippen molar-refractivity contribution in [2.24, 2.45) is 0 Å². The molecule has 5 aromatic carbocycles. The van der Waals surface area contributed by atoms with Gasteiger partial charge in [-0.15, -0.1) is 0 Å². The van der Waals surface area contributed by atoms with E-state index in [0.29, 0.717) is 16.8 Å². The predicted octanol–water partition coefficient (Wildman–Crippen LogP) is 6.18. The van der Waals surface area contributed by atoms with Crippen molar-refractivity contribution in [1.82, 2.24) is 22.8 Å². The minimum absolute atomic E-state index is 0.00697. The third kappa shape index (κ3) is 11.9. The minimum atomic E-state index is -4.50. The fourth-order valence-electron chi connectivity index (χ4n) is 7.93. The van der Waals surface area contributed by atoms with E-state index >= 15 is 0 Å². The minimum Gasteiger partial charge on any atom is -0.296 e. The van der Waals surface area contributed by atoms with E-state index in [1.165, 1.54) is 69.4 Å². The van der Waals surface area contributed by atoms with Gasteiger partial charge in [0.25, 0.3) is 27.1 Å². The lowest BCUT2D eigenvalue weighted by atomic mass is 10.1. The lowest BCUT2D eigenvalue weighted by Crippen LogP contribution is -2.43. The smallest absolute Gasteiger partial charge is 0.289 e. The van der Waals surface area contributed by atoms with Gasteiger partial charge in [-0.05, 0) is 65.4 Å². The van der Waals surface area contributed by atoms with Crippen molar-refractivity contribution in [3.8, 4) is 0 Å². The molecule has 20 nitrogen and oxygen atoms in total. The first-order valence-electron chi connectivity index (χ1n) is 21.4. The molecule has 2 heterocycles. The monoisotopic (exact) mass is 998 g/mol. The first kappa shape index (κ1) is 50.0. The lowest BCUT2D eigenvalue weighted by Gasteiger charge is -2.30. The molecular weight excluding hydrogens is 953 g/mol. The number of aromatic nitrogens is 1. The molecule has 7 rings (SSSR count). The Bertz CT molecular complexity index is 3060. The SMILES string of the molecule is O=[N+]([O-])c1ccccc1S(=O)(=O)N1CCc2cccc(c2)CCN(S(=O)(=O)c2ccccc2[N+](=O)[O-])CCN(Cc2ccc(CN(Cc3ccccn3)S(=O)(=O)c3ccccc3[N+](=O)[O-])cc2)CC1. The van der Waals surface area contributed by atoms with E-state index in [-0.39, 0.29) is 71.7 Å². The summed E-state index contributed by atoms with van der Waals surface area (Å²) in [6.45, 7) is -0.819. The Morgan fingerprint density at radius 1 is 0.493 bits per heavy atom. The van der Waals surface area contributed by atoms with Crippen molar-refractivity contribution in [2.75, 3.05) is 39.3 Å². The highest BCUT2D eigenvalue weighted by atomic mass is 32.2. The summed E-state index contributed by atoms with van der Waals surface area (Å²) in [6, 6.07) is 34.1. The number of nitro groups is 3. The second kappa shape index (κ2) is 21.6. The van der Waals surface area contributed by atoms with Crippen molar-refractivity contribution in [3.05, 3.63) is 204 Å². The summed E-state index contributed by atoms with van der Waals surface area (Å²) in [6.07, 6.45) is 1.91. The maximum Gasteiger partial charge on any atom is 0.289 e. The number of sulfonamides is 3. The highest BCUT2D eigenvalue weighted by Crippen LogP contribution is 2.31. The van der Waals surface area contributed by atoms with Gasteiger partial charge in [-0.25, -0.2) is 25.3 Å². The van der Waals surface area contributed by atoms with Crippen LogP contribution in [0.2, 0.25) is 0 Å². The second-order valence-corrected chi connectivity index (χ2v) is 21.7. The molecule has 0 N–H and O–H groups in total. The average molecular weight is 999 g/mol. The van der Waals surface area contributed by atoms with Crippen molar-refractivity contribution in [2.45, 2.75) is 47.2 Å². The van der Waals surface area contributed by atoms with Crippen LogP contribution >= 0.6 is 0 Å². The van der Waals surface area contributed by atoms with Crippen molar-refractivity contribution < 1.29 is 40.0 Å². The Hall–Kier alpha value is -6.86. The summed E-state index contributed by atoms with van der Waals surface area (Å²) in [7, 11) is -13.5. The van der Waals surface area contributed by atoms with Crippen LogP contribution in [-0.4, -0.2) is 102 Å². The number of para-hydroxylation sites is 3. The van der Waals surface area contributed by atoms with Crippen LogP contribution in [0.4, 0.5) is 17.1 Å². The quantitative estimate of drug-likeness (QED) is 0.0822. The molecule has 1 aromatic heterocycles. The van der Waals surface area contributed by atoms with E-state index in [4.69, 9.17) is 0 Å². The number of fused-ring (bicyclic) bond motifs is 2. The zero-order chi connectivity index (χ0) is 49.3. The molecule has 0 fully saturated rings. The van der Waals surface area contributed by atoms with Crippen molar-refractivity contribution >= 4 is 47.1 Å². The molecule has 0 radical (unpaired) electrons. The van der Waals surface area contributed by atoms with Gasteiger partial charge in [-0.2, -0.15) is 12.9 Å². The van der Waals surface area contributed by atoms with Crippen LogP contribution in [0.25, 0.3) is 0 Å². The standard InChI is InChI=1S/C46H46N8O12S3/c55-52(56)41-13-1-4-16-44(41)67(61,62)49-26-23-36-10-9-11-37(32-36)24-27-50(68(63,64)45-17-5-2-14-42(45)53(57)58)31-29-48(28-30-49)33-38-19-21-39(22-20-38)34-51(35-40-12-7-8-25-47-40)69(65,66)46-18-6-3-15-43(46)54(59)60/h1-22,25,32H,23-24,26-31,33-35H2. The summed E-state index contributed by atoms with van der Waals surface area (Å²) in [4.78, 5) is 38.3. The molecule has 0 spiro atoms. The summed E-state index contributed by atoms with van der Waals surface area (Å²) < 4.78 is 89.3. The van der Waals surface area contributed by atoms with Crippen LogP contribution in [0.3, 0.4) is 0 Å². The van der Waals surface area contributed by atoms with Crippen LogP contribution < -0.4 is 0 Å². The molecule has 6 aromatic rings. The number of hydrogen-bond acceptors (Lipinski definition) is 14. The van der Waals surface area contributed by atoms with E-state index in [1.807, 2.05) is 6.07 Å². The summed E-state index contributed by atoms with van der Waals surface area (Å²) in [5.74, 6) is 0. The molecule has 360 valence electrons. The molecule has 0 saturated carbocycles. The van der Waals surface area contributed by atoms with Gasteiger partial charge >= 0.3 is 0 Å². The maximum absolute atomic E-state index is 14.4. The largest absolute Gasteiger partial charge is 0.296 e. The van der Waals surface area contributed by atoms with Crippen LogP contribution in [0.5, 0.6) is 0 Å². The zero-order valence-electron chi connectivity index (χ0n) is 36.8. The molecule has 2 bridgehead atoms. The summed E-state index contributed by atoms with van der Waals surface area (Å²) >= 11 is 0. The molecule has 0 amide bonds. The van der Waals surface area contributed by atoms with E-state index < -0.39 is 76.6 Å². The van der Waals surface area contributed by atoms with Crippen LogP contribution in [0, 0.1) is 30.3 Å². The second-order valence-electron chi connectivity index (χ2n) is 16.0. The van der Waals surface area contributed by atoms with Gasteiger partial charge in [0.2, 0.25) is 20.0 Å². The molecule has 0 atom stereocenters. The predicted molar refractivity (Wildman–Crippen MR) is 253 cm³/mol. The molecule has 69 heavy (non-hydrogen) atoms. The Morgan fingerprint density at radius 2 is 0.942 bits per heavy atom. The number of nitro benzene ring substituents is 3. The normalized spacial score (nSPS) is 15.0. The van der Waals surface area contributed by atoms with Gasteiger partial charge in [0, 0.05) is 76.8 Å². The van der Waals surface area contributed by atoms with E-state index in [0.717, 1.165) is 33.6 Å². The molecular formula is C46H46N8O12S3. The van der Waals surface area contributed by atoms with Gasteiger partial charge in [0.05, 0.1) is 27.0 Å². The Kier molecular flexibility index (Phi) is 15.7. The molecule has 23 heteroatoms. The third-order valence-electron chi connectivity index (χ3n) is 11.5. The van der Waals surface area contributed by atoms with Gasteiger partial charge in [0.15, 0.2) is 14.7 Å². The molecule has 0 saturated heterocycles. The van der Waals surface area contributed by atoms with Crippen molar-refractivity contribution in [1.29, 1.82) is 0 Å². The van der Waals surface area contributed by atoms with Crippen LogP contribution in [0.15, 0.2) is 160 Å². The highest BCUT2D eigenvalue weighted by molar-refractivity contribution is 7.89.